The van der Waals surface area contributed by atoms with Gasteiger partial charge in [-0.05, 0) is 57.0 Å². The minimum Gasteiger partial charge on any atom is -0.488 e. The first-order chi connectivity index (χ1) is 12.2. The average molecular weight is 369 g/mol. The highest BCUT2D eigenvalue weighted by Crippen LogP contribution is 2.26. The summed E-state index contributed by atoms with van der Waals surface area (Å²) in [5.41, 5.74) is 0. The van der Waals surface area contributed by atoms with Gasteiger partial charge in [0.05, 0.1) is 13.2 Å². The van der Waals surface area contributed by atoms with Crippen molar-refractivity contribution in [3.63, 3.8) is 0 Å². The molecule has 0 radical (unpaired) electrons. The predicted molar refractivity (Wildman–Crippen MR) is 99.4 cm³/mol. The summed E-state index contributed by atoms with van der Waals surface area (Å²) in [4.78, 5) is 2.44. The SMILES string of the molecule is O[C@@H]1[C@@H](NCCCN2CCOCC2)CCC[C@H]1Oc1cccc(Cl)c1. The van der Waals surface area contributed by atoms with Crippen LogP contribution in [0, 0.1) is 0 Å². The van der Waals surface area contributed by atoms with E-state index < -0.39 is 6.10 Å². The number of benzene rings is 1. The van der Waals surface area contributed by atoms with Crippen LogP contribution >= 0.6 is 11.6 Å². The van der Waals surface area contributed by atoms with E-state index in [0.717, 1.165) is 70.8 Å². The number of morpholine rings is 1. The smallest absolute Gasteiger partial charge is 0.126 e. The summed E-state index contributed by atoms with van der Waals surface area (Å²) in [7, 11) is 0. The van der Waals surface area contributed by atoms with Crippen LogP contribution in [0.4, 0.5) is 0 Å². The van der Waals surface area contributed by atoms with E-state index in [4.69, 9.17) is 21.1 Å². The Bertz CT molecular complexity index is 525. The van der Waals surface area contributed by atoms with E-state index in [0.29, 0.717) is 5.02 Å². The summed E-state index contributed by atoms with van der Waals surface area (Å²) in [5.74, 6) is 0.726. The molecule has 3 atom stereocenters. The van der Waals surface area contributed by atoms with Gasteiger partial charge in [0.25, 0.3) is 0 Å². The molecular weight excluding hydrogens is 340 g/mol. The van der Waals surface area contributed by atoms with Crippen molar-refractivity contribution in [2.75, 3.05) is 39.4 Å². The van der Waals surface area contributed by atoms with Gasteiger partial charge in [0.15, 0.2) is 0 Å². The summed E-state index contributed by atoms with van der Waals surface area (Å²) >= 11 is 6.01. The fraction of sp³-hybridized carbons (Fsp3) is 0.684. The number of nitrogens with zero attached hydrogens (tertiary/aromatic N) is 1. The Morgan fingerprint density at radius 3 is 2.92 bits per heavy atom. The lowest BCUT2D eigenvalue weighted by Gasteiger charge is -2.35. The fourth-order valence-electron chi connectivity index (χ4n) is 3.62. The summed E-state index contributed by atoms with van der Waals surface area (Å²) < 4.78 is 11.4. The minimum atomic E-state index is -0.490. The Morgan fingerprint density at radius 1 is 1.28 bits per heavy atom. The Hall–Kier alpha value is -0.850. The van der Waals surface area contributed by atoms with Crippen molar-refractivity contribution in [2.24, 2.45) is 0 Å². The maximum atomic E-state index is 10.7. The van der Waals surface area contributed by atoms with Crippen molar-refractivity contribution in [3.05, 3.63) is 29.3 Å². The zero-order valence-corrected chi connectivity index (χ0v) is 15.5. The molecular formula is C19H29ClN2O3. The van der Waals surface area contributed by atoms with Crippen LogP contribution in [-0.4, -0.2) is 67.6 Å². The van der Waals surface area contributed by atoms with Gasteiger partial charge in [0.1, 0.15) is 18.0 Å². The van der Waals surface area contributed by atoms with E-state index in [9.17, 15) is 5.11 Å². The highest BCUT2D eigenvalue weighted by Gasteiger charge is 2.33. The van der Waals surface area contributed by atoms with Crippen LogP contribution in [0.5, 0.6) is 5.75 Å². The van der Waals surface area contributed by atoms with E-state index in [-0.39, 0.29) is 12.1 Å². The zero-order chi connectivity index (χ0) is 17.5. The fourth-order valence-corrected chi connectivity index (χ4v) is 3.80. The number of aliphatic hydroxyl groups is 1. The topological polar surface area (TPSA) is 54.0 Å². The molecule has 140 valence electrons. The van der Waals surface area contributed by atoms with Crippen LogP contribution in [0.15, 0.2) is 24.3 Å². The van der Waals surface area contributed by atoms with E-state index in [1.54, 1.807) is 6.07 Å². The standard InChI is InChI=1S/C19H29ClN2O3/c20-15-4-1-5-16(14-15)25-18-7-2-6-17(19(18)23)21-8-3-9-22-10-12-24-13-11-22/h1,4-5,14,17-19,21,23H,2-3,6-13H2/t17-,18+,19+/m0/s1. The number of nitrogens with one attached hydrogen (secondary N) is 1. The third-order valence-corrected chi connectivity index (χ3v) is 5.28. The van der Waals surface area contributed by atoms with Gasteiger partial charge >= 0.3 is 0 Å². The van der Waals surface area contributed by atoms with Crippen LogP contribution in [-0.2, 0) is 4.74 Å². The highest BCUT2D eigenvalue weighted by molar-refractivity contribution is 6.30. The molecule has 1 saturated heterocycles. The number of halogens is 1. The normalized spacial score (nSPS) is 28.0. The molecule has 25 heavy (non-hydrogen) atoms. The third-order valence-electron chi connectivity index (χ3n) is 5.04. The number of hydrogen-bond acceptors (Lipinski definition) is 5. The number of hydrogen-bond donors (Lipinski definition) is 2. The summed E-state index contributed by atoms with van der Waals surface area (Å²) in [6.45, 7) is 5.75. The first kappa shape index (κ1) is 18.9. The van der Waals surface area contributed by atoms with Gasteiger partial charge in [-0.1, -0.05) is 17.7 Å². The van der Waals surface area contributed by atoms with Crippen molar-refractivity contribution >= 4 is 11.6 Å². The Morgan fingerprint density at radius 2 is 2.12 bits per heavy atom. The van der Waals surface area contributed by atoms with E-state index in [1.807, 2.05) is 18.2 Å². The van der Waals surface area contributed by atoms with Gasteiger partial charge in [0.2, 0.25) is 0 Å². The van der Waals surface area contributed by atoms with Gasteiger partial charge in [-0.25, -0.2) is 0 Å². The second-order valence-electron chi connectivity index (χ2n) is 6.90. The molecule has 1 aromatic carbocycles. The van der Waals surface area contributed by atoms with Gasteiger partial charge in [-0.3, -0.25) is 4.90 Å². The molecule has 1 aliphatic carbocycles. The van der Waals surface area contributed by atoms with Gasteiger partial charge < -0.3 is 19.9 Å². The lowest BCUT2D eigenvalue weighted by molar-refractivity contribution is -0.0156. The molecule has 2 N–H and O–H groups in total. The van der Waals surface area contributed by atoms with Crippen LogP contribution < -0.4 is 10.1 Å². The Balaban J connectivity index is 1.41. The molecule has 0 spiro atoms. The second-order valence-corrected chi connectivity index (χ2v) is 7.34. The van der Waals surface area contributed by atoms with E-state index in [1.165, 1.54) is 0 Å². The highest BCUT2D eigenvalue weighted by atomic mass is 35.5. The average Bonchev–Trinajstić information content (AvgIpc) is 2.62. The largest absolute Gasteiger partial charge is 0.488 e. The van der Waals surface area contributed by atoms with Gasteiger partial charge in [-0.15, -0.1) is 0 Å². The molecule has 1 aromatic rings. The van der Waals surface area contributed by atoms with E-state index >= 15 is 0 Å². The molecule has 2 fully saturated rings. The van der Waals surface area contributed by atoms with Gasteiger partial charge in [0, 0.05) is 24.2 Å². The monoisotopic (exact) mass is 368 g/mol. The van der Waals surface area contributed by atoms with Crippen molar-refractivity contribution in [1.29, 1.82) is 0 Å². The zero-order valence-electron chi connectivity index (χ0n) is 14.7. The molecule has 0 aromatic heterocycles. The van der Waals surface area contributed by atoms with Crippen LogP contribution in [0.25, 0.3) is 0 Å². The van der Waals surface area contributed by atoms with Crippen LogP contribution in [0.3, 0.4) is 0 Å². The second kappa shape index (κ2) is 9.74. The number of aliphatic hydroxyl groups excluding tert-OH is 1. The molecule has 0 amide bonds. The molecule has 0 unspecified atom stereocenters. The molecule has 5 nitrogen and oxygen atoms in total. The molecule has 1 aliphatic heterocycles. The quantitative estimate of drug-likeness (QED) is 0.723. The Labute approximate surface area is 155 Å². The molecule has 0 bridgehead atoms. The maximum absolute atomic E-state index is 10.7. The summed E-state index contributed by atoms with van der Waals surface area (Å²) in [5, 5.41) is 14.8. The number of ether oxygens (including phenoxy) is 2. The first-order valence-corrected chi connectivity index (χ1v) is 9.74. The van der Waals surface area contributed by atoms with Crippen molar-refractivity contribution in [1.82, 2.24) is 10.2 Å². The molecule has 6 heteroatoms. The van der Waals surface area contributed by atoms with Crippen LogP contribution in [0.1, 0.15) is 25.7 Å². The molecule has 1 heterocycles. The predicted octanol–water partition coefficient (Wildman–Crippen LogP) is 2.31. The van der Waals surface area contributed by atoms with Crippen molar-refractivity contribution < 1.29 is 14.6 Å². The molecule has 2 aliphatic rings. The van der Waals surface area contributed by atoms with E-state index in [2.05, 4.69) is 10.2 Å². The summed E-state index contributed by atoms with van der Waals surface area (Å²) in [6, 6.07) is 7.48. The van der Waals surface area contributed by atoms with Crippen LogP contribution in [0.2, 0.25) is 5.02 Å². The minimum absolute atomic E-state index is 0.0997. The van der Waals surface area contributed by atoms with Crippen molar-refractivity contribution in [2.45, 2.75) is 43.9 Å². The molecule has 1 saturated carbocycles. The molecule has 3 rings (SSSR count). The number of rotatable bonds is 7. The lowest BCUT2D eigenvalue weighted by atomic mass is 9.89. The lowest BCUT2D eigenvalue weighted by Crippen LogP contribution is -2.51. The van der Waals surface area contributed by atoms with Gasteiger partial charge in [-0.2, -0.15) is 0 Å². The third kappa shape index (κ3) is 5.83. The summed E-state index contributed by atoms with van der Waals surface area (Å²) in [6.07, 6.45) is 3.35. The Kier molecular flexibility index (Phi) is 7.37. The maximum Gasteiger partial charge on any atom is 0.126 e. The van der Waals surface area contributed by atoms with Crippen molar-refractivity contribution in [3.8, 4) is 5.75 Å². The first-order valence-electron chi connectivity index (χ1n) is 9.36.